The van der Waals surface area contributed by atoms with E-state index in [1.165, 1.54) is 11.8 Å². The molecule has 144 valence electrons. The number of halogens is 1. The molecule has 1 fully saturated rings. The van der Waals surface area contributed by atoms with Gasteiger partial charge in [-0.05, 0) is 20.8 Å². The third-order valence-electron chi connectivity index (χ3n) is 4.02. The molecule has 1 saturated heterocycles. The summed E-state index contributed by atoms with van der Waals surface area (Å²) in [5.41, 5.74) is 0. The van der Waals surface area contributed by atoms with E-state index in [4.69, 9.17) is 11.6 Å². The fourth-order valence-electron chi connectivity index (χ4n) is 2.85. The number of thioether (sulfide) groups is 1. The fourth-order valence-corrected chi connectivity index (χ4v) is 3.74. The topological polar surface area (TPSA) is 78.4 Å². The number of carbonyl (C=O) groups is 2. The first-order valence-corrected chi connectivity index (χ1v) is 10.2. The van der Waals surface area contributed by atoms with Crippen LogP contribution in [0, 0.1) is 0 Å². The first-order chi connectivity index (χ1) is 12.3. The summed E-state index contributed by atoms with van der Waals surface area (Å²) in [6, 6.07) is 1.93. The summed E-state index contributed by atoms with van der Waals surface area (Å²) in [7, 11) is 0. The molecule has 1 N–H and O–H groups in total. The minimum absolute atomic E-state index is 0.0598. The van der Waals surface area contributed by atoms with E-state index >= 15 is 0 Å². The molecule has 1 aliphatic heterocycles. The normalized spacial score (nSPS) is 17.5. The molecule has 2 amide bonds. The average Bonchev–Trinajstić information content (AvgIpc) is 2.58. The van der Waals surface area contributed by atoms with Crippen molar-refractivity contribution in [1.82, 2.24) is 20.2 Å². The van der Waals surface area contributed by atoms with E-state index in [1.54, 1.807) is 6.07 Å². The first kappa shape index (κ1) is 20.8. The molecular weight excluding hydrogens is 374 g/mol. The number of carbonyl (C=O) groups excluding carboxylic acids is 2. The van der Waals surface area contributed by atoms with Crippen LogP contribution in [0.15, 0.2) is 11.2 Å². The van der Waals surface area contributed by atoms with Crippen LogP contribution in [0.4, 0.5) is 5.82 Å². The Labute approximate surface area is 163 Å². The van der Waals surface area contributed by atoms with Gasteiger partial charge in [-0.25, -0.2) is 9.97 Å². The summed E-state index contributed by atoms with van der Waals surface area (Å²) in [6.07, 6.45) is 0.517. The molecule has 7 nitrogen and oxygen atoms in total. The summed E-state index contributed by atoms with van der Waals surface area (Å²) in [6.45, 7) is 9.80. The zero-order chi connectivity index (χ0) is 19.3. The lowest BCUT2D eigenvalue weighted by molar-refractivity contribution is -0.133. The van der Waals surface area contributed by atoms with Crippen molar-refractivity contribution in [3.63, 3.8) is 0 Å². The maximum absolute atomic E-state index is 12.0. The van der Waals surface area contributed by atoms with Crippen molar-refractivity contribution in [2.24, 2.45) is 0 Å². The fraction of sp³-hybridized carbons (Fsp3) is 0.647. The van der Waals surface area contributed by atoms with Crippen molar-refractivity contribution in [3.8, 4) is 0 Å². The van der Waals surface area contributed by atoms with Gasteiger partial charge in [0.05, 0.1) is 5.75 Å². The Hall–Kier alpha value is -1.54. The Bertz CT molecular complexity index is 658. The van der Waals surface area contributed by atoms with Gasteiger partial charge in [-0.1, -0.05) is 30.3 Å². The SMILES string of the molecule is CCC(=O)N1CCN(c2cc(Cl)nc(SCC(=O)NC(C)C)n2)C[C@H]1C. The number of aromatic nitrogens is 2. The Morgan fingerprint density at radius 3 is 2.73 bits per heavy atom. The molecule has 0 bridgehead atoms. The van der Waals surface area contributed by atoms with Crippen LogP contribution < -0.4 is 10.2 Å². The summed E-state index contributed by atoms with van der Waals surface area (Å²) in [5.74, 6) is 1.08. The Kier molecular flexibility index (Phi) is 7.52. The van der Waals surface area contributed by atoms with Crippen LogP contribution in [0.1, 0.15) is 34.1 Å². The highest BCUT2D eigenvalue weighted by Gasteiger charge is 2.27. The van der Waals surface area contributed by atoms with Crippen molar-refractivity contribution in [2.45, 2.75) is 51.4 Å². The van der Waals surface area contributed by atoms with E-state index in [0.29, 0.717) is 36.4 Å². The lowest BCUT2D eigenvalue weighted by Crippen LogP contribution is -2.54. The third kappa shape index (κ3) is 5.74. The van der Waals surface area contributed by atoms with E-state index in [0.717, 1.165) is 5.82 Å². The van der Waals surface area contributed by atoms with Gasteiger partial charge in [0.2, 0.25) is 11.8 Å². The van der Waals surface area contributed by atoms with E-state index in [-0.39, 0.29) is 29.7 Å². The van der Waals surface area contributed by atoms with Gasteiger partial charge in [-0.2, -0.15) is 0 Å². The van der Waals surface area contributed by atoms with E-state index in [2.05, 4.69) is 20.2 Å². The van der Waals surface area contributed by atoms with Crippen LogP contribution in [-0.2, 0) is 9.59 Å². The Morgan fingerprint density at radius 1 is 1.38 bits per heavy atom. The predicted molar refractivity (Wildman–Crippen MR) is 105 cm³/mol. The smallest absolute Gasteiger partial charge is 0.230 e. The molecule has 1 aliphatic rings. The summed E-state index contributed by atoms with van der Waals surface area (Å²) in [4.78, 5) is 36.5. The second-order valence-electron chi connectivity index (χ2n) is 6.58. The number of nitrogens with zero attached hydrogens (tertiary/aromatic N) is 4. The molecule has 26 heavy (non-hydrogen) atoms. The Morgan fingerprint density at radius 2 is 2.12 bits per heavy atom. The molecule has 1 aromatic rings. The zero-order valence-corrected chi connectivity index (χ0v) is 17.2. The van der Waals surface area contributed by atoms with Gasteiger partial charge in [-0.15, -0.1) is 0 Å². The molecule has 9 heteroatoms. The number of piperazine rings is 1. The summed E-state index contributed by atoms with van der Waals surface area (Å²) in [5, 5.41) is 3.66. The molecule has 1 atom stereocenters. The van der Waals surface area contributed by atoms with Crippen LogP contribution in [0.5, 0.6) is 0 Å². The first-order valence-electron chi connectivity index (χ1n) is 8.81. The van der Waals surface area contributed by atoms with E-state index in [1.807, 2.05) is 32.6 Å². The molecule has 2 heterocycles. The van der Waals surface area contributed by atoms with Crippen LogP contribution in [0.3, 0.4) is 0 Å². The van der Waals surface area contributed by atoms with Crippen molar-refractivity contribution in [1.29, 1.82) is 0 Å². The molecule has 0 radical (unpaired) electrons. The summed E-state index contributed by atoms with van der Waals surface area (Å²) < 4.78 is 0. The number of amides is 2. The standard InChI is InChI=1S/C17H26ClN5O2S/c1-5-16(25)23-7-6-22(9-12(23)4)14-8-13(18)20-17(21-14)26-10-15(24)19-11(2)3/h8,11-12H,5-7,9-10H2,1-4H3,(H,19,24)/t12-/m1/s1. The van der Waals surface area contributed by atoms with Crippen LogP contribution in [0.2, 0.25) is 5.15 Å². The lowest BCUT2D eigenvalue weighted by atomic mass is 10.1. The lowest BCUT2D eigenvalue weighted by Gasteiger charge is -2.40. The molecule has 0 aromatic carbocycles. The second-order valence-corrected chi connectivity index (χ2v) is 7.91. The van der Waals surface area contributed by atoms with Crippen LogP contribution in [-0.4, -0.2) is 64.2 Å². The van der Waals surface area contributed by atoms with Crippen molar-refractivity contribution >= 4 is 41.0 Å². The Balaban J connectivity index is 2.03. The quantitative estimate of drug-likeness (QED) is 0.449. The van der Waals surface area contributed by atoms with Crippen molar-refractivity contribution in [2.75, 3.05) is 30.3 Å². The van der Waals surface area contributed by atoms with Gasteiger partial charge in [0, 0.05) is 44.2 Å². The molecule has 0 aliphatic carbocycles. The number of hydrogen-bond donors (Lipinski definition) is 1. The largest absolute Gasteiger partial charge is 0.353 e. The van der Waals surface area contributed by atoms with Crippen LogP contribution in [0.25, 0.3) is 0 Å². The van der Waals surface area contributed by atoms with Crippen molar-refractivity contribution < 1.29 is 9.59 Å². The minimum atomic E-state index is -0.0598. The van der Waals surface area contributed by atoms with Gasteiger partial charge in [0.15, 0.2) is 5.16 Å². The highest BCUT2D eigenvalue weighted by atomic mass is 35.5. The molecule has 0 spiro atoms. The van der Waals surface area contributed by atoms with Crippen LogP contribution >= 0.6 is 23.4 Å². The van der Waals surface area contributed by atoms with Gasteiger partial charge in [0.25, 0.3) is 0 Å². The maximum atomic E-state index is 12.0. The van der Waals surface area contributed by atoms with Gasteiger partial charge in [-0.3, -0.25) is 9.59 Å². The number of nitrogens with one attached hydrogen (secondary N) is 1. The van der Waals surface area contributed by atoms with E-state index < -0.39 is 0 Å². The van der Waals surface area contributed by atoms with Gasteiger partial charge < -0.3 is 15.1 Å². The minimum Gasteiger partial charge on any atom is -0.353 e. The molecule has 0 unspecified atom stereocenters. The number of anilines is 1. The molecule has 0 saturated carbocycles. The van der Waals surface area contributed by atoms with E-state index in [9.17, 15) is 9.59 Å². The maximum Gasteiger partial charge on any atom is 0.230 e. The number of rotatable bonds is 6. The van der Waals surface area contributed by atoms with Gasteiger partial charge in [0.1, 0.15) is 11.0 Å². The highest BCUT2D eigenvalue weighted by molar-refractivity contribution is 7.99. The highest BCUT2D eigenvalue weighted by Crippen LogP contribution is 2.24. The second kappa shape index (κ2) is 9.41. The number of hydrogen-bond acceptors (Lipinski definition) is 6. The molecule has 1 aromatic heterocycles. The van der Waals surface area contributed by atoms with Gasteiger partial charge >= 0.3 is 0 Å². The monoisotopic (exact) mass is 399 g/mol. The molecule has 2 rings (SSSR count). The van der Waals surface area contributed by atoms with Crippen molar-refractivity contribution in [3.05, 3.63) is 11.2 Å². The average molecular weight is 400 g/mol. The zero-order valence-electron chi connectivity index (χ0n) is 15.7. The predicted octanol–water partition coefficient (Wildman–Crippen LogP) is 2.19. The molecular formula is C17H26ClN5O2S. The third-order valence-corrected chi connectivity index (χ3v) is 5.06. The summed E-state index contributed by atoms with van der Waals surface area (Å²) >= 11 is 7.41.